The van der Waals surface area contributed by atoms with Crippen molar-refractivity contribution in [2.45, 2.75) is 27.0 Å². The van der Waals surface area contributed by atoms with Gasteiger partial charge >= 0.3 is 5.97 Å². The number of rotatable bonds is 9. The highest BCUT2D eigenvalue weighted by molar-refractivity contribution is 6.11. The first-order valence-corrected chi connectivity index (χ1v) is 11.0. The molecular formula is C27H27N3O5. The van der Waals surface area contributed by atoms with E-state index in [0.717, 1.165) is 0 Å². The zero-order chi connectivity index (χ0) is 25.5. The minimum Gasteiger partial charge on any atom is -0.504 e. The number of esters is 1. The van der Waals surface area contributed by atoms with Gasteiger partial charge in [0.1, 0.15) is 11.4 Å². The lowest BCUT2D eigenvalue weighted by Crippen LogP contribution is -2.36. The van der Waals surface area contributed by atoms with Crippen molar-refractivity contribution in [2.24, 2.45) is 10.2 Å². The number of ether oxygens (including phenoxy) is 1. The number of azo groups is 1. The van der Waals surface area contributed by atoms with Crippen LogP contribution in [0.2, 0.25) is 0 Å². The van der Waals surface area contributed by atoms with Gasteiger partial charge in [-0.05, 0) is 45.0 Å². The molecule has 0 spiro atoms. The van der Waals surface area contributed by atoms with E-state index in [4.69, 9.17) is 4.74 Å². The zero-order valence-electron chi connectivity index (χ0n) is 19.8. The Morgan fingerprint density at radius 3 is 2.26 bits per heavy atom. The number of benzene rings is 3. The van der Waals surface area contributed by atoms with E-state index in [1.54, 1.807) is 67.3 Å². The largest absolute Gasteiger partial charge is 0.504 e. The zero-order valence-corrected chi connectivity index (χ0v) is 19.8. The standard InChI is InChI=1S/C27H27N3O5/c1-5-30(18(4)35-27(34)17(2)3)24-22(15-16-23(31)26(24)33)29-28-21-14-10-9-13-20(21)25(32)19-11-7-6-8-12-19/h6-16,18,31,33H,2,5H2,1,3-4H3. The van der Waals surface area contributed by atoms with Crippen molar-refractivity contribution in [3.63, 3.8) is 0 Å². The van der Waals surface area contributed by atoms with Crippen molar-refractivity contribution in [1.82, 2.24) is 0 Å². The smallest absolute Gasteiger partial charge is 0.335 e. The summed E-state index contributed by atoms with van der Waals surface area (Å²) >= 11 is 0. The summed E-state index contributed by atoms with van der Waals surface area (Å²) in [5, 5.41) is 29.4. The van der Waals surface area contributed by atoms with Gasteiger partial charge in [-0.25, -0.2) is 4.79 Å². The van der Waals surface area contributed by atoms with E-state index in [1.165, 1.54) is 19.1 Å². The molecule has 0 radical (unpaired) electrons. The van der Waals surface area contributed by atoms with Crippen LogP contribution in [0.25, 0.3) is 0 Å². The summed E-state index contributed by atoms with van der Waals surface area (Å²) in [6.45, 7) is 8.85. The fourth-order valence-electron chi connectivity index (χ4n) is 3.44. The van der Waals surface area contributed by atoms with Gasteiger partial charge in [0.15, 0.2) is 23.5 Å². The average molecular weight is 474 g/mol. The molecule has 0 saturated heterocycles. The van der Waals surface area contributed by atoms with Crippen LogP contribution in [0.15, 0.2) is 89.1 Å². The third-order valence-corrected chi connectivity index (χ3v) is 5.25. The van der Waals surface area contributed by atoms with E-state index in [0.29, 0.717) is 23.4 Å². The van der Waals surface area contributed by atoms with Crippen molar-refractivity contribution in [1.29, 1.82) is 0 Å². The normalized spacial score (nSPS) is 11.7. The van der Waals surface area contributed by atoms with Crippen LogP contribution in [0, 0.1) is 0 Å². The van der Waals surface area contributed by atoms with Crippen LogP contribution in [-0.4, -0.2) is 34.7 Å². The van der Waals surface area contributed by atoms with Crippen molar-refractivity contribution < 1.29 is 24.5 Å². The van der Waals surface area contributed by atoms with E-state index in [-0.39, 0.29) is 28.5 Å². The molecule has 35 heavy (non-hydrogen) atoms. The van der Waals surface area contributed by atoms with E-state index < -0.39 is 17.9 Å². The summed E-state index contributed by atoms with van der Waals surface area (Å²) in [6, 6.07) is 18.4. The highest BCUT2D eigenvalue weighted by Crippen LogP contribution is 2.44. The second-order valence-electron chi connectivity index (χ2n) is 7.78. The Balaban J connectivity index is 2.01. The van der Waals surface area contributed by atoms with E-state index in [2.05, 4.69) is 16.8 Å². The molecule has 3 aromatic rings. The molecule has 0 amide bonds. The molecule has 8 heteroatoms. The monoisotopic (exact) mass is 473 g/mol. The summed E-state index contributed by atoms with van der Waals surface area (Å²) in [5.41, 5.74) is 1.79. The fourth-order valence-corrected chi connectivity index (χ4v) is 3.44. The maximum Gasteiger partial charge on any atom is 0.335 e. The summed E-state index contributed by atoms with van der Waals surface area (Å²) in [5.74, 6) is -1.60. The van der Waals surface area contributed by atoms with Crippen LogP contribution >= 0.6 is 0 Å². The third-order valence-electron chi connectivity index (χ3n) is 5.25. The number of ketones is 1. The van der Waals surface area contributed by atoms with Gasteiger partial charge in [0, 0.05) is 17.7 Å². The molecule has 3 rings (SSSR count). The maximum atomic E-state index is 13.0. The Morgan fingerprint density at radius 1 is 0.971 bits per heavy atom. The van der Waals surface area contributed by atoms with Gasteiger partial charge in [-0.1, -0.05) is 49.0 Å². The van der Waals surface area contributed by atoms with Gasteiger partial charge < -0.3 is 19.8 Å². The molecule has 2 N–H and O–H groups in total. The number of hydrogen-bond donors (Lipinski definition) is 2. The highest BCUT2D eigenvalue weighted by Gasteiger charge is 2.25. The lowest BCUT2D eigenvalue weighted by Gasteiger charge is -2.31. The quantitative estimate of drug-likeness (QED) is 0.0979. The minimum atomic E-state index is -0.808. The van der Waals surface area contributed by atoms with Gasteiger partial charge in [0.2, 0.25) is 0 Å². The summed E-state index contributed by atoms with van der Waals surface area (Å²) in [6.07, 6.45) is -0.808. The predicted molar refractivity (Wildman–Crippen MR) is 134 cm³/mol. The van der Waals surface area contributed by atoms with Crippen molar-refractivity contribution >= 4 is 28.8 Å². The van der Waals surface area contributed by atoms with Crippen LogP contribution in [0.1, 0.15) is 36.7 Å². The molecule has 0 aliphatic carbocycles. The SMILES string of the molecule is C=C(C)C(=O)OC(C)N(CC)c1c(N=Nc2ccccc2C(=O)c2ccccc2)ccc(O)c1O. The van der Waals surface area contributed by atoms with Gasteiger partial charge in [-0.3, -0.25) is 4.79 Å². The number of nitrogens with zero attached hydrogens (tertiary/aromatic N) is 3. The van der Waals surface area contributed by atoms with Crippen LogP contribution in [0.5, 0.6) is 11.5 Å². The molecule has 0 aliphatic rings. The fraction of sp³-hybridized carbons (Fsp3) is 0.185. The first-order valence-electron chi connectivity index (χ1n) is 11.0. The topological polar surface area (TPSA) is 112 Å². The van der Waals surface area contributed by atoms with Gasteiger partial charge in [0.05, 0.1) is 11.3 Å². The Morgan fingerprint density at radius 2 is 1.60 bits per heavy atom. The molecule has 0 aliphatic heterocycles. The van der Waals surface area contributed by atoms with Crippen molar-refractivity contribution in [2.75, 3.05) is 11.4 Å². The Kier molecular flexibility index (Phi) is 7.99. The van der Waals surface area contributed by atoms with Gasteiger partial charge in [0.25, 0.3) is 0 Å². The van der Waals surface area contributed by atoms with Gasteiger partial charge in [-0.15, -0.1) is 10.2 Å². The first-order chi connectivity index (χ1) is 16.7. The maximum absolute atomic E-state index is 13.0. The number of phenols is 2. The predicted octanol–water partition coefficient (Wildman–Crippen LogP) is 6.04. The molecule has 1 unspecified atom stereocenters. The minimum absolute atomic E-state index is 0.130. The average Bonchev–Trinajstić information content (AvgIpc) is 2.86. The number of carbonyl (C=O) groups excluding carboxylic acids is 2. The Bertz CT molecular complexity index is 1270. The second-order valence-corrected chi connectivity index (χ2v) is 7.78. The number of hydrogen-bond acceptors (Lipinski definition) is 8. The van der Waals surface area contributed by atoms with Crippen molar-refractivity contribution in [3.05, 3.63) is 90.0 Å². The molecule has 0 aromatic heterocycles. The second kappa shape index (κ2) is 11.1. The molecule has 0 bridgehead atoms. The molecular weight excluding hydrogens is 446 g/mol. The van der Waals surface area contributed by atoms with E-state index >= 15 is 0 Å². The third kappa shape index (κ3) is 5.73. The molecule has 8 nitrogen and oxygen atoms in total. The lowest BCUT2D eigenvalue weighted by molar-refractivity contribution is -0.143. The summed E-state index contributed by atoms with van der Waals surface area (Å²) < 4.78 is 5.41. The van der Waals surface area contributed by atoms with Crippen LogP contribution in [0.4, 0.5) is 17.1 Å². The molecule has 1 atom stereocenters. The number of phenolic OH excluding ortho intramolecular Hbond substituents is 2. The molecule has 180 valence electrons. The number of aromatic hydroxyl groups is 2. The van der Waals surface area contributed by atoms with Crippen LogP contribution in [0.3, 0.4) is 0 Å². The van der Waals surface area contributed by atoms with Gasteiger partial charge in [-0.2, -0.15) is 0 Å². The van der Waals surface area contributed by atoms with Crippen LogP contribution in [-0.2, 0) is 9.53 Å². The molecule has 0 heterocycles. The van der Waals surface area contributed by atoms with E-state index in [1.807, 2.05) is 6.07 Å². The number of anilines is 1. The molecule has 0 saturated carbocycles. The summed E-state index contributed by atoms with van der Waals surface area (Å²) in [4.78, 5) is 26.6. The summed E-state index contributed by atoms with van der Waals surface area (Å²) in [7, 11) is 0. The Hall–Kier alpha value is -4.46. The van der Waals surface area contributed by atoms with Crippen molar-refractivity contribution in [3.8, 4) is 11.5 Å². The lowest BCUT2D eigenvalue weighted by atomic mass is 10.0. The first kappa shape index (κ1) is 25.2. The molecule has 3 aromatic carbocycles. The van der Waals surface area contributed by atoms with E-state index in [9.17, 15) is 19.8 Å². The van der Waals surface area contributed by atoms with Crippen LogP contribution < -0.4 is 4.90 Å². The Labute approximate surface area is 203 Å². The number of carbonyl (C=O) groups is 2. The molecule has 0 fully saturated rings. The highest BCUT2D eigenvalue weighted by atomic mass is 16.6.